The Morgan fingerprint density at radius 2 is 1.72 bits per heavy atom. The zero-order valence-corrected chi connectivity index (χ0v) is 19.9. The fraction of sp³-hybridized carbons (Fsp3) is 0.680. The molecule has 4 rings (SSSR count). The van der Waals surface area contributed by atoms with Gasteiger partial charge in [-0.05, 0) is 43.4 Å². The quantitative estimate of drug-likeness (QED) is 0.604. The van der Waals surface area contributed by atoms with Gasteiger partial charge in [-0.3, -0.25) is 14.5 Å². The van der Waals surface area contributed by atoms with Crippen molar-refractivity contribution in [3.05, 3.63) is 29.3 Å². The third-order valence-corrected chi connectivity index (χ3v) is 8.18. The van der Waals surface area contributed by atoms with Crippen LogP contribution in [0.5, 0.6) is 0 Å². The van der Waals surface area contributed by atoms with Crippen LogP contribution in [0.25, 0.3) is 0 Å². The van der Waals surface area contributed by atoms with Crippen molar-refractivity contribution in [2.75, 3.05) is 29.9 Å². The number of hydrogen-bond donors (Lipinski definition) is 3. The molecule has 2 amide bonds. The maximum atomic E-state index is 13.0. The zero-order valence-electron chi connectivity index (χ0n) is 19.1. The summed E-state index contributed by atoms with van der Waals surface area (Å²) < 4.78 is 0. The Kier molecular flexibility index (Phi) is 8.49. The van der Waals surface area contributed by atoms with Crippen LogP contribution in [0.4, 0.5) is 5.69 Å². The second-order valence-corrected chi connectivity index (χ2v) is 10.8. The van der Waals surface area contributed by atoms with Crippen LogP contribution in [-0.2, 0) is 11.3 Å². The fourth-order valence-electron chi connectivity index (χ4n) is 5.16. The minimum Gasteiger partial charge on any atom is -0.348 e. The van der Waals surface area contributed by atoms with Crippen molar-refractivity contribution in [2.45, 2.75) is 76.4 Å². The van der Waals surface area contributed by atoms with Gasteiger partial charge in [0.15, 0.2) is 0 Å². The molecule has 0 spiro atoms. The minimum atomic E-state index is -0.0959. The van der Waals surface area contributed by atoms with Gasteiger partial charge in [-0.25, -0.2) is 0 Å². The predicted molar refractivity (Wildman–Crippen MR) is 132 cm³/mol. The van der Waals surface area contributed by atoms with E-state index in [0.717, 1.165) is 93.8 Å². The highest BCUT2D eigenvalue weighted by Gasteiger charge is 2.25. The molecule has 3 aliphatic rings. The molecule has 32 heavy (non-hydrogen) atoms. The molecule has 1 heterocycles. The van der Waals surface area contributed by atoms with Crippen molar-refractivity contribution in [2.24, 2.45) is 11.7 Å². The third-order valence-electron chi connectivity index (χ3n) is 7.24. The topological polar surface area (TPSA) is 87.5 Å². The van der Waals surface area contributed by atoms with Gasteiger partial charge in [0.05, 0.1) is 0 Å². The molecule has 2 saturated carbocycles. The number of benzene rings is 1. The van der Waals surface area contributed by atoms with Gasteiger partial charge in [0.2, 0.25) is 5.91 Å². The number of carbonyl (C=O) groups excluding carboxylic acids is 2. The highest BCUT2D eigenvalue weighted by Crippen LogP contribution is 2.27. The van der Waals surface area contributed by atoms with E-state index in [-0.39, 0.29) is 29.8 Å². The second-order valence-electron chi connectivity index (χ2n) is 9.61. The zero-order chi connectivity index (χ0) is 22.3. The van der Waals surface area contributed by atoms with Gasteiger partial charge in [-0.15, -0.1) is 0 Å². The van der Waals surface area contributed by atoms with E-state index in [4.69, 9.17) is 5.73 Å². The van der Waals surface area contributed by atoms with Crippen LogP contribution in [0.1, 0.15) is 73.7 Å². The van der Waals surface area contributed by atoms with E-state index >= 15 is 0 Å². The number of amides is 2. The Morgan fingerprint density at radius 3 is 2.47 bits per heavy atom. The van der Waals surface area contributed by atoms with Crippen LogP contribution in [0, 0.1) is 5.92 Å². The van der Waals surface area contributed by atoms with Crippen LogP contribution >= 0.6 is 11.8 Å². The Hall–Kier alpha value is -1.57. The van der Waals surface area contributed by atoms with Crippen LogP contribution in [-0.4, -0.2) is 53.4 Å². The predicted octanol–water partition coefficient (Wildman–Crippen LogP) is 3.75. The lowest BCUT2D eigenvalue weighted by Gasteiger charge is -2.29. The molecule has 2 aliphatic carbocycles. The lowest BCUT2D eigenvalue weighted by atomic mass is 9.88. The number of thioether (sulfide) groups is 1. The lowest BCUT2D eigenvalue weighted by molar-refractivity contribution is -0.120. The Bertz CT molecular complexity index is 790. The summed E-state index contributed by atoms with van der Waals surface area (Å²) in [5.41, 5.74) is 8.71. The number of nitrogens with one attached hydrogen (secondary N) is 2. The van der Waals surface area contributed by atoms with Gasteiger partial charge in [-0.1, -0.05) is 38.2 Å². The lowest BCUT2D eigenvalue weighted by Crippen LogP contribution is -2.49. The van der Waals surface area contributed by atoms with Crippen molar-refractivity contribution in [3.63, 3.8) is 0 Å². The maximum absolute atomic E-state index is 13.0. The summed E-state index contributed by atoms with van der Waals surface area (Å²) in [6.07, 6.45) is 9.53. The average Bonchev–Trinajstić information content (AvgIpc) is 2.83. The molecule has 0 radical (unpaired) electrons. The van der Waals surface area contributed by atoms with Crippen molar-refractivity contribution in [3.8, 4) is 0 Å². The van der Waals surface area contributed by atoms with Gasteiger partial charge in [-0.2, -0.15) is 11.8 Å². The molecule has 7 heteroatoms. The van der Waals surface area contributed by atoms with E-state index in [2.05, 4.69) is 15.5 Å². The first kappa shape index (κ1) is 23.6. The molecule has 3 fully saturated rings. The fourth-order valence-corrected chi connectivity index (χ4v) is 6.14. The molecule has 176 valence electrons. The Balaban J connectivity index is 1.50. The van der Waals surface area contributed by atoms with E-state index < -0.39 is 0 Å². The number of nitrogens with zero attached hydrogens (tertiary/aromatic N) is 1. The molecule has 1 aromatic rings. The van der Waals surface area contributed by atoms with Crippen LogP contribution in [0.3, 0.4) is 0 Å². The Labute approximate surface area is 196 Å². The molecular weight excluding hydrogens is 420 g/mol. The van der Waals surface area contributed by atoms with Crippen molar-refractivity contribution in [1.82, 2.24) is 10.2 Å². The molecule has 1 aromatic carbocycles. The summed E-state index contributed by atoms with van der Waals surface area (Å²) in [5.74, 6) is 2.38. The summed E-state index contributed by atoms with van der Waals surface area (Å²) in [7, 11) is 0. The number of carbonyl (C=O) groups is 2. The van der Waals surface area contributed by atoms with E-state index in [1.54, 1.807) is 0 Å². The summed E-state index contributed by atoms with van der Waals surface area (Å²) in [6.45, 7) is 2.92. The van der Waals surface area contributed by atoms with E-state index in [0.29, 0.717) is 5.56 Å². The van der Waals surface area contributed by atoms with E-state index in [1.807, 2.05) is 30.0 Å². The standard InChI is InChI=1S/C25H38N4O2S/c26-21-8-4-5-9-22(21)27-25(31)19-10-11-20(17-29-12-14-32-15-13-29)23(16-19)28-24(30)18-6-2-1-3-7-18/h10-11,16,18,21-22H,1-9,12-15,17,26H2,(H,27,31)(H,28,30). The van der Waals surface area contributed by atoms with Crippen LogP contribution in [0.15, 0.2) is 18.2 Å². The highest BCUT2D eigenvalue weighted by molar-refractivity contribution is 7.99. The van der Waals surface area contributed by atoms with Gasteiger partial charge in [0.25, 0.3) is 5.91 Å². The van der Waals surface area contributed by atoms with Crippen molar-refractivity contribution >= 4 is 29.3 Å². The van der Waals surface area contributed by atoms with Gasteiger partial charge < -0.3 is 16.4 Å². The summed E-state index contributed by atoms with van der Waals surface area (Å²) in [6, 6.07) is 5.84. The third kappa shape index (κ3) is 6.27. The summed E-state index contributed by atoms with van der Waals surface area (Å²) in [5, 5.41) is 6.34. The first-order valence-corrected chi connectivity index (χ1v) is 13.6. The van der Waals surface area contributed by atoms with E-state index in [9.17, 15) is 9.59 Å². The maximum Gasteiger partial charge on any atom is 0.251 e. The number of nitrogens with two attached hydrogens (primary N) is 1. The summed E-state index contributed by atoms with van der Waals surface area (Å²) >= 11 is 1.99. The SMILES string of the molecule is NC1CCCCC1NC(=O)c1ccc(CN2CCSCC2)c(NC(=O)C2CCCCC2)c1. The number of anilines is 1. The molecular formula is C25H38N4O2S. The number of rotatable bonds is 6. The number of hydrogen-bond acceptors (Lipinski definition) is 5. The van der Waals surface area contributed by atoms with Crippen LogP contribution < -0.4 is 16.4 Å². The molecule has 2 atom stereocenters. The summed E-state index contributed by atoms with van der Waals surface area (Å²) in [4.78, 5) is 28.4. The Morgan fingerprint density at radius 1 is 1.00 bits per heavy atom. The molecule has 0 aromatic heterocycles. The molecule has 0 bridgehead atoms. The first-order valence-electron chi connectivity index (χ1n) is 12.4. The van der Waals surface area contributed by atoms with Gasteiger partial charge in [0, 0.05) is 60.4 Å². The average molecular weight is 459 g/mol. The molecule has 1 saturated heterocycles. The molecule has 1 aliphatic heterocycles. The first-order chi connectivity index (χ1) is 15.6. The monoisotopic (exact) mass is 458 g/mol. The van der Waals surface area contributed by atoms with E-state index in [1.165, 1.54) is 6.42 Å². The normalized spacial score (nSPS) is 25.3. The van der Waals surface area contributed by atoms with Gasteiger partial charge >= 0.3 is 0 Å². The largest absolute Gasteiger partial charge is 0.348 e. The van der Waals surface area contributed by atoms with Crippen molar-refractivity contribution < 1.29 is 9.59 Å². The smallest absolute Gasteiger partial charge is 0.251 e. The van der Waals surface area contributed by atoms with Crippen molar-refractivity contribution in [1.29, 1.82) is 0 Å². The highest BCUT2D eigenvalue weighted by atomic mass is 32.2. The van der Waals surface area contributed by atoms with Crippen LogP contribution in [0.2, 0.25) is 0 Å². The molecule has 6 nitrogen and oxygen atoms in total. The molecule has 2 unspecified atom stereocenters. The molecule has 4 N–H and O–H groups in total. The second kappa shape index (κ2) is 11.5. The minimum absolute atomic E-state index is 0.0226. The van der Waals surface area contributed by atoms with Gasteiger partial charge in [0.1, 0.15) is 0 Å².